The van der Waals surface area contributed by atoms with Crippen LogP contribution in [0.15, 0.2) is 35.3 Å². The maximum atomic E-state index is 4.49. The van der Waals surface area contributed by atoms with Crippen molar-refractivity contribution in [3.63, 3.8) is 0 Å². The molecule has 1 N–H and O–H groups in total. The van der Waals surface area contributed by atoms with Gasteiger partial charge in [-0.1, -0.05) is 37.3 Å². The maximum absolute atomic E-state index is 4.49. The van der Waals surface area contributed by atoms with Gasteiger partial charge in [0.1, 0.15) is 0 Å². The predicted octanol–water partition coefficient (Wildman–Crippen LogP) is 4.45. The summed E-state index contributed by atoms with van der Waals surface area (Å²) >= 11 is 1.92. The molecule has 2 unspecified atom stereocenters. The number of nitrogens with zero attached hydrogens (tertiary/aromatic N) is 2. The van der Waals surface area contributed by atoms with Crippen molar-refractivity contribution >= 4 is 41.7 Å². The molecule has 1 aliphatic rings. The molecule has 0 spiro atoms. The number of thioether (sulfide) groups is 1. The molecule has 0 bridgehead atoms. The van der Waals surface area contributed by atoms with E-state index in [2.05, 4.69) is 58.7 Å². The van der Waals surface area contributed by atoms with Crippen LogP contribution in [-0.4, -0.2) is 49.6 Å². The van der Waals surface area contributed by atoms with Crippen molar-refractivity contribution in [2.75, 3.05) is 38.7 Å². The number of piperidine rings is 1. The number of nitrogens with one attached hydrogen (secondary N) is 1. The monoisotopic (exact) mass is 461 g/mol. The van der Waals surface area contributed by atoms with Gasteiger partial charge < -0.3 is 10.2 Å². The zero-order chi connectivity index (χ0) is 16.5. The molecule has 5 heteroatoms. The molecule has 0 aromatic heterocycles. The summed E-state index contributed by atoms with van der Waals surface area (Å²) in [6.45, 7) is 5.58. The molecule has 0 radical (unpaired) electrons. The van der Waals surface area contributed by atoms with E-state index in [4.69, 9.17) is 0 Å². The Kier molecular flexibility index (Phi) is 10.8. The fourth-order valence-corrected chi connectivity index (χ4v) is 3.93. The second-order valence-electron chi connectivity index (χ2n) is 6.40. The lowest BCUT2D eigenvalue weighted by Gasteiger charge is -2.39. The van der Waals surface area contributed by atoms with Gasteiger partial charge in [0, 0.05) is 26.7 Å². The van der Waals surface area contributed by atoms with Gasteiger partial charge in [-0.05, 0) is 48.7 Å². The molecule has 2 rings (SSSR count). The highest BCUT2D eigenvalue weighted by molar-refractivity contribution is 14.0. The maximum Gasteiger partial charge on any atom is 0.193 e. The van der Waals surface area contributed by atoms with E-state index in [0.29, 0.717) is 11.8 Å². The van der Waals surface area contributed by atoms with Crippen LogP contribution in [0.5, 0.6) is 0 Å². The van der Waals surface area contributed by atoms with Crippen LogP contribution in [0.4, 0.5) is 0 Å². The molecule has 1 aromatic carbocycles. The fourth-order valence-electron chi connectivity index (χ4n) is 3.44. The Hall–Kier alpha value is -0.430. The first kappa shape index (κ1) is 21.6. The number of guanidine groups is 1. The molecule has 0 saturated carbocycles. The van der Waals surface area contributed by atoms with Crippen LogP contribution in [0.2, 0.25) is 0 Å². The number of rotatable bonds is 6. The summed E-state index contributed by atoms with van der Waals surface area (Å²) in [5.41, 5.74) is 1.49. The van der Waals surface area contributed by atoms with Gasteiger partial charge >= 0.3 is 0 Å². The highest BCUT2D eigenvalue weighted by Crippen LogP contribution is 2.32. The lowest BCUT2D eigenvalue weighted by molar-refractivity contribution is 0.234. The van der Waals surface area contributed by atoms with Crippen molar-refractivity contribution in [2.24, 2.45) is 10.9 Å². The molecule has 0 amide bonds. The van der Waals surface area contributed by atoms with E-state index in [1.807, 2.05) is 18.8 Å². The zero-order valence-electron chi connectivity index (χ0n) is 15.2. The second kappa shape index (κ2) is 12.0. The lowest BCUT2D eigenvalue weighted by Crippen LogP contribution is -2.48. The van der Waals surface area contributed by atoms with Gasteiger partial charge in [-0.15, -0.1) is 24.0 Å². The van der Waals surface area contributed by atoms with Crippen LogP contribution in [0.1, 0.15) is 37.7 Å². The van der Waals surface area contributed by atoms with E-state index in [-0.39, 0.29) is 24.0 Å². The average molecular weight is 461 g/mol. The number of hydrogen-bond acceptors (Lipinski definition) is 2. The van der Waals surface area contributed by atoms with Crippen molar-refractivity contribution in [3.8, 4) is 0 Å². The van der Waals surface area contributed by atoms with Crippen LogP contribution < -0.4 is 5.32 Å². The number of aliphatic imine (C=N–C) groups is 1. The van der Waals surface area contributed by atoms with E-state index < -0.39 is 0 Å². The summed E-state index contributed by atoms with van der Waals surface area (Å²) in [6.07, 6.45) is 5.87. The Bertz CT molecular complexity index is 481. The lowest BCUT2D eigenvalue weighted by atomic mass is 9.82. The van der Waals surface area contributed by atoms with Crippen LogP contribution in [0, 0.1) is 5.92 Å². The van der Waals surface area contributed by atoms with Crippen molar-refractivity contribution < 1.29 is 0 Å². The van der Waals surface area contributed by atoms with E-state index >= 15 is 0 Å². The Labute approximate surface area is 169 Å². The molecule has 24 heavy (non-hydrogen) atoms. The minimum absolute atomic E-state index is 0. The standard InChI is InChI=1S/C19H31N3S.HI/c1-16-15-22(19(20-2)21-12-7-8-14-23-3)13-11-18(16)17-9-5-4-6-10-17;/h4-6,9-10,16,18H,7-8,11-15H2,1-3H3,(H,20,21);1H. The SMILES string of the molecule is CN=C(NCCCCSC)N1CCC(c2ccccc2)C(C)C1.I. The van der Waals surface area contributed by atoms with E-state index in [9.17, 15) is 0 Å². The minimum atomic E-state index is 0. The summed E-state index contributed by atoms with van der Waals surface area (Å²) in [7, 11) is 1.90. The van der Waals surface area contributed by atoms with Crippen LogP contribution in [0.3, 0.4) is 0 Å². The van der Waals surface area contributed by atoms with Crippen molar-refractivity contribution in [2.45, 2.75) is 32.1 Å². The molecule has 0 aliphatic carbocycles. The van der Waals surface area contributed by atoms with Crippen molar-refractivity contribution in [1.82, 2.24) is 10.2 Å². The van der Waals surface area contributed by atoms with Gasteiger partial charge in [-0.2, -0.15) is 11.8 Å². The third-order valence-corrected chi connectivity index (χ3v) is 5.40. The third kappa shape index (κ3) is 6.47. The molecule has 3 nitrogen and oxygen atoms in total. The molecule has 1 aromatic rings. The first-order valence-electron chi connectivity index (χ1n) is 8.75. The molecule has 136 valence electrons. The van der Waals surface area contributed by atoms with Crippen LogP contribution in [0.25, 0.3) is 0 Å². The largest absolute Gasteiger partial charge is 0.356 e. The quantitative estimate of drug-likeness (QED) is 0.294. The number of hydrogen-bond donors (Lipinski definition) is 1. The number of unbranched alkanes of at least 4 members (excludes halogenated alkanes) is 1. The number of likely N-dealkylation sites (tertiary alicyclic amines) is 1. The Morgan fingerprint density at radius 2 is 2.04 bits per heavy atom. The van der Waals surface area contributed by atoms with Crippen molar-refractivity contribution in [1.29, 1.82) is 0 Å². The van der Waals surface area contributed by atoms with Crippen LogP contribution >= 0.6 is 35.7 Å². The van der Waals surface area contributed by atoms with E-state index in [0.717, 1.165) is 25.6 Å². The fraction of sp³-hybridized carbons (Fsp3) is 0.632. The van der Waals surface area contributed by atoms with Gasteiger partial charge in [-0.25, -0.2) is 0 Å². The molecular formula is C19H32IN3S. The molecule has 1 aliphatic heterocycles. The van der Waals surface area contributed by atoms with Gasteiger partial charge in [0.05, 0.1) is 0 Å². The Morgan fingerprint density at radius 3 is 2.67 bits per heavy atom. The molecule has 1 heterocycles. The second-order valence-corrected chi connectivity index (χ2v) is 7.39. The van der Waals surface area contributed by atoms with Gasteiger partial charge in [0.25, 0.3) is 0 Å². The topological polar surface area (TPSA) is 27.6 Å². The van der Waals surface area contributed by atoms with Gasteiger partial charge in [0.2, 0.25) is 0 Å². The molecular weight excluding hydrogens is 429 g/mol. The average Bonchev–Trinajstić information content (AvgIpc) is 2.59. The highest BCUT2D eigenvalue weighted by Gasteiger charge is 2.28. The number of benzene rings is 1. The molecule has 2 atom stereocenters. The summed E-state index contributed by atoms with van der Waals surface area (Å²) in [5, 5.41) is 3.54. The molecule has 1 fully saturated rings. The van der Waals surface area contributed by atoms with Crippen LogP contribution in [-0.2, 0) is 0 Å². The molecule has 1 saturated heterocycles. The minimum Gasteiger partial charge on any atom is -0.356 e. The first-order chi connectivity index (χ1) is 11.3. The first-order valence-corrected chi connectivity index (χ1v) is 10.1. The smallest absolute Gasteiger partial charge is 0.193 e. The van der Waals surface area contributed by atoms with Gasteiger partial charge in [-0.3, -0.25) is 4.99 Å². The van der Waals surface area contributed by atoms with Crippen molar-refractivity contribution in [3.05, 3.63) is 35.9 Å². The Balaban J connectivity index is 0.00000288. The summed E-state index contributed by atoms with van der Waals surface area (Å²) in [4.78, 5) is 6.92. The predicted molar refractivity (Wildman–Crippen MR) is 119 cm³/mol. The highest BCUT2D eigenvalue weighted by atomic mass is 127. The van der Waals surface area contributed by atoms with E-state index in [1.165, 1.54) is 30.6 Å². The number of halogens is 1. The summed E-state index contributed by atoms with van der Waals surface area (Å²) in [5.74, 6) is 3.65. The third-order valence-electron chi connectivity index (χ3n) is 4.70. The van der Waals surface area contributed by atoms with E-state index in [1.54, 1.807) is 0 Å². The zero-order valence-corrected chi connectivity index (χ0v) is 18.3. The normalized spacial score (nSPS) is 21.3. The summed E-state index contributed by atoms with van der Waals surface area (Å²) < 4.78 is 0. The summed E-state index contributed by atoms with van der Waals surface area (Å²) in [6, 6.07) is 11.0. The van der Waals surface area contributed by atoms with Gasteiger partial charge in [0.15, 0.2) is 5.96 Å². The Morgan fingerprint density at radius 1 is 1.29 bits per heavy atom.